The number of morpholine rings is 1. The van der Waals surface area contributed by atoms with Gasteiger partial charge in [-0.2, -0.15) is 8.78 Å². The number of aromatic nitrogens is 2. The van der Waals surface area contributed by atoms with E-state index in [0.29, 0.717) is 43.9 Å². The van der Waals surface area contributed by atoms with Crippen LogP contribution in [0.5, 0.6) is 0 Å². The van der Waals surface area contributed by atoms with E-state index in [0.717, 1.165) is 91.2 Å². The lowest BCUT2D eigenvalue weighted by Crippen LogP contribution is -2.54. The highest BCUT2D eigenvalue weighted by atomic mass is 32.1. The Morgan fingerprint density at radius 2 is 1.62 bits per heavy atom. The lowest BCUT2D eigenvalue weighted by molar-refractivity contribution is -0.134. The summed E-state index contributed by atoms with van der Waals surface area (Å²) in [6.07, 6.45) is 6.53. The Hall–Kier alpha value is -5.63. The molecule has 2 aromatic heterocycles. The number of carbonyl (C=O) groups excluding carboxylic acids is 5. The summed E-state index contributed by atoms with van der Waals surface area (Å²) in [6, 6.07) is 19.2. The van der Waals surface area contributed by atoms with Crippen LogP contribution in [0.2, 0.25) is 0 Å². The van der Waals surface area contributed by atoms with Crippen LogP contribution in [0.4, 0.5) is 8.78 Å². The molecule has 3 aliphatic rings. The quantitative estimate of drug-likeness (QED) is 0.0660. The molecule has 8 rings (SSSR count). The van der Waals surface area contributed by atoms with Crippen molar-refractivity contribution in [2.45, 2.75) is 96.6 Å². The summed E-state index contributed by atoms with van der Waals surface area (Å²) in [4.78, 5) is 96.6. The van der Waals surface area contributed by atoms with Gasteiger partial charge in [0.25, 0.3) is 5.91 Å². The molecule has 3 atom stereocenters. The predicted octanol–water partition coefficient (Wildman–Crippen LogP) is 6.95. The molecular weight excluding hydrogens is 984 g/mol. The molecule has 3 aliphatic heterocycles. The number of piperidine rings is 1. The first-order valence-electron chi connectivity index (χ1n) is 24.6. The van der Waals surface area contributed by atoms with Gasteiger partial charge in [0, 0.05) is 57.0 Å². The van der Waals surface area contributed by atoms with E-state index in [1.807, 2.05) is 69.3 Å². The number of carbonyl (C=O) groups is 5. The van der Waals surface area contributed by atoms with Crippen molar-refractivity contribution in [2.24, 2.45) is 18.4 Å². The summed E-state index contributed by atoms with van der Waals surface area (Å²) in [5.41, 5.74) is -2.09. The van der Waals surface area contributed by atoms with Gasteiger partial charge in [0.15, 0.2) is 0 Å². The van der Waals surface area contributed by atoms with Crippen molar-refractivity contribution in [1.29, 1.82) is 0 Å². The monoisotopic (exact) mass is 1050 g/mol. The topological polar surface area (TPSA) is 213 Å². The van der Waals surface area contributed by atoms with Crippen LogP contribution in [-0.4, -0.2) is 123 Å². The molecule has 21 heteroatoms. The summed E-state index contributed by atoms with van der Waals surface area (Å²) < 4.78 is 48.4. The summed E-state index contributed by atoms with van der Waals surface area (Å²) in [6.45, 7) is 14.2. The Bertz CT molecular complexity index is 2830. The molecule has 5 heterocycles. The van der Waals surface area contributed by atoms with Gasteiger partial charge in [-0.1, -0.05) is 70.2 Å². The number of likely N-dealkylation sites (tertiary alicyclic amines) is 2. The third-order valence-electron chi connectivity index (χ3n) is 13.5. The van der Waals surface area contributed by atoms with Gasteiger partial charge in [0.05, 0.1) is 29.1 Å². The van der Waals surface area contributed by atoms with Crippen molar-refractivity contribution >= 4 is 70.5 Å². The summed E-state index contributed by atoms with van der Waals surface area (Å²) >= 11 is 1.05. The maximum absolute atomic E-state index is 14.0. The minimum Gasteiger partial charge on any atom is -0.370 e. The van der Waals surface area contributed by atoms with Crippen molar-refractivity contribution in [3.8, 4) is 0 Å². The highest BCUT2D eigenvalue weighted by molar-refractivity contribution is 7.52. The highest BCUT2D eigenvalue weighted by Gasteiger charge is 2.50. The van der Waals surface area contributed by atoms with E-state index in [4.69, 9.17) is 14.5 Å². The number of amides is 4. The zero-order valence-electron chi connectivity index (χ0n) is 42.3. The number of likely N-dealkylation sites (N-methyl/N-ethyl adjacent to an activating group) is 1. The molecule has 3 fully saturated rings. The fraction of sp³-hybridized carbons (Fsp3) is 0.500. The number of hydrogen-bond acceptors (Lipinski definition) is 10. The number of imidazole rings is 1. The van der Waals surface area contributed by atoms with Gasteiger partial charge in [-0.15, -0.1) is 11.3 Å². The maximum Gasteiger partial charge on any atom is 0.399 e. The molecule has 4 N–H and O–H groups in total. The first kappa shape index (κ1) is 56.7. The molecule has 2 unspecified atom stereocenters. The van der Waals surface area contributed by atoms with Gasteiger partial charge in [-0.25, -0.2) is 4.79 Å². The van der Waals surface area contributed by atoms with E-state index in [1.54, 1.807) is 28.5 Å². The van der Waals surface area contributed by atoms with E-state index in [9.17, 15) is 42.1 Å². The van der Waals surface area contributed by atoms with E-state index in [2.05, 4.69) is 22.5 Å². The zero-order chi connectivity index (χ0) is 53.3. The first-order chi connectivity index (χ1) is 34.6. The van der Waals surface area contributed by atoms with Gasteiger partial charge in [0.2, 0.25) is 18.2 Å². The van der Waals surface area contributed by atoms with Gasteiger partial charge in [-0.3, -0.25) is 37.8 Å². The SMILES string of the molecule is CC(C)(C)[C@H](NC(=O)c1cc2cc(C(F)(F)P(=O)(O)O)ccc2s1)C(=O)N1CCCC1.CNC(=O)C(CCC=O)n1c(=O)n(C)c2cc(CN3CCC(C)CC3)ccc21.O=CN1CCOC(c2ccccc2)C1. The largest absolute Gasteiger partial charge is 0.399 e. The van der Waals surface area contributed by atoms with Crippen molar-refractivity contribution in [1.82, 2.24) is 34.5 Å². The second-order valence-corrected chi connectivity index (χ2v) is 22.7. The smallest absolute Gasteiger partial charge is 0.370 e. The second-order valence-electron chi connectivity index (χ2n) is 20.0. The van der Waals surface area contributed by atoms with Gasteiger partial charge < -0.3 is 39.8 Å². The van der Waals surface area contributed by atoms with Crippen molar-refractivity contribution < 1.29 is 51.8 Å². The Morgan fingerprint density at radius 1 is 0.932 bits per heavy atom. The molecule has 3 saturated heterocycles. The first-order valence-corrected chi connectivity index (χ1v) is 27.0. The minimum absolute atomic E-state index is 0.0372. The van der Waals surface area contributed by atoms with Crippen LogP contribution in [0.15, 0.2) is 77.6 Å². The normalized spacial score (nSPS) is 17.8. The number of alkyl halides is 2. The van der Waals surface area contributed by atoms with Crippen LogP contribution >= 0.6 is 18.9 Å². The maximum atomic E-state index is 14.0. The zero-order valence-corrected chi connectivity index (χ0v) is 44.0. The Labute approximate surface area is 428 Å². The molecule has 3 aromatic carbocycles. The number of benzene rings is 3. The molecule has 396 valence electrons. The number of thiophene rings is 1. The molecule has 4 amide bonds. The van der Waals surface area contributed by atoms with Crippen LogP contribution in [0.25, 0.3) is 21.1 Å². The number of ether oxygens (including phenoxy) is 1. The molecule has 17 nitrogen and oxygen atoms in total. The number of nitrogens with zero attached hydrogens (tertiary/aromatic N) is 5. The molecule has 73 heavy (non-hydrogen) atoms. The van der Waals surface area contributed by atoms with Crippen LogP contribution < -0.4 is 16.3 Å². The number of aldehydes is 1. The van der Waals surface area contributed by atoms with E-state index in [-0.39, 0.29) is 40.3 Å². The number of nitrogens with one attached hydrogen (secondary N) is 2. The summed E-state index contributed by atoms with van der Waals surface area (Å²) in [7, 11) is -2.42. The molecule has 0 bridgehead atoms. The highest BCUT2D eigenvalue weighted by Crippen LogP contribution is 2.59. The van der Waals surface area contributed by atoms with E-state index >= 15 is 0 Å². The minimum atomic E-state index is -5.69. The fourth-order valence-corrected chi connectivity index (χ4v) is 10.6. The van der Waals surface area contributed by atoms with Crippen molar-refractivity contribution in [3.63, 3.8) is 0 Å². The molecule has 0 radical (unpaired) electrons. The van der Waals surface area contributed by atoms with Gasteiger partial charge in [-0.05, 0) is 103 Å². The molecule has 0 aliphatic carbocycles. The summed E-state index contributed by atoms with van der Waals surface area (Å²) in [5, 5.41) is 5.66. The van der Waals surface area contributed by atoms with Crippen LogP contribution in [0, 0.1) is 11.3 Å². The van der Waals surface area contributed by atoms with Crippen molar-refractivity contribution in [3.05, 3.63) is 105 Å². The van der Waals surface area contributed by atoms with Gasteiger partial charge >= 0.3 is 18.9 Å². The number of halogens is 2. The Balaban J connectivity index is 0.000000190. The number of hydrogen-bond donors (Lipinski definition) is 4. The number of rotatable bonds is 14. The standard InChI is InChI=1S/C21H30N4O3.C20H25F2N2O5PS.C11H13NO2/c1-15-8-10-24(11-9-15)14-16-6-7-17-19(13-16)23(3)21(28)25(17)18(5-4-12-26)20(27)22-2;1-19(2,3)16(18(26)24-8-4-5-9-24)23-17(25)15-11-12-10-13(6-7-14(12)31-15)20(21,22)30(27,28)29;13-9-12-6-7-14-11(8-12)10-4-2-1-3-5-10/h6-7,12-13,15,18H,4-5,8-11,14H2,1-3H3,(H,22,27);6-7,10-11,16H,4-5,8-9H2,1-3H3,(H,23,25)(H2,27,28,29);1-5,9,11H,6-8H2/t;16-;/m.1./s1. The lowest BCUT2D eigenvalue weighted by atomic mass is 9.85. The second kappa shape index (κ2) is 24.6. The lowest BCUT2D eigenvalue weighted by Gasteiger charge is -2.33. The average Bonchev–Trinajstić information content (AvgIpc) is 4.13. The molecule has 5 aromatic rings. The average molecular weight is 1050 g/mol. The molecule has 0 saturated carbocycles. The third kappa shape index (κ3) is 14.0. The molecule has 0 spiro atoms. The van der Waals surface area contributed by atoms with Gasteiger partial charge in [0.1, 0.15) is 24.5 Å². The van der Waals surface area contributed by atoms with Crippen LogP contribution in [-0.2, 0) is 47.7 Å². The third-order valence-corrected chi connectivity index (χ3v) is 15.6. The molecular formula is C52H68F2N7O10PS. The van der Waals surface area contributed by atoms with E-state index in [1.165, 1.54) is 35.1 Å². The van der Waals surface area contributed by atoms with Crippen LogP contribution in [0.1, 0.15) is 105 Å². The van der Waals surface area contributed by atoms with E-state index < -0.39 is 42.2 Å². The van der Waals surface area contributed by atoms with Crippen LogP contribution in [0.3, 0.4) is 0 Å². The Morgan fingerprint density at radius 3 is 2.23 bits per heavy atom. The predicted molar refractivity (Wildman–Crippen MR) is 276 cm³/mol. The fourth-order valence-electron chi connectivity index (χ4n) is 9.17. The number of aryl methyl sites for hydroxylation is 1. The number of fused-ring (bicyclic) bond motifs is 2. The van der Waals surface area contributed by atoms with Crippen molar-refractivity contribution in [2.75, 3.05) is 52.9 Å². The summed E-state index contributed by atoms with van der Waals surface area (Å²) in [5.74, 6) is -0.121. The Kier molecular flexibility index (Phi) is 19.1.